The molecule has 2 aromatic rings. The van der Waals surface area contributed by atoms with Gasteiger partial charge in [0.05, 0.1) is 17.7 Å². The zero-order valence-electron chi connectivity index (χ0n) is 16.3. The molecule has 0 bridgehead atoms. The number of ether oxygens (including phenoxy) is 1. The number of Topliss-reactive ketones (excluding diaryl/α,β-unsaturated/α-hetero) is 1. The second-order valence-corrected chi connectivity index (χ2v) is 8.23. The molecular formula is C22H22Cl2N2O4. The largest absolute Gasteiger partial charge is 0.507 e. The van der Waals surface area contributed by atoms with Gasteiger partial charge in [-0.1, -0.05) is 29.3 Å². The molecule has 1 saturated heterocycles. The Bertz CT molecular complexity index is 1000. The number of β-amino-alcohol motifs (C(OH)–C–C–N with tert-alkyl or cyclic N) is 1. The van der Waals surface area contributed by atoms with Crippen molar-refractivity contribution >= 4 is 35.1 Å². The number of nitrogens with zero attached hydrogens (tertiary/aromatic N) is 2. The van der Waals surface area contributed by atoms with Gasteiger partial charge in [0, 0.05) is 49.3 Å². The van der Waals surface area contributed by atoms with Gasteiger partial charge in [-0.25, -0.2) is 0 Å². The molecule has 6 nitrogen and oxygen atoms in total. The van der Waals surface area contributed by atoms with Gasteiger partial charge in [-0.2, -0.15) is 0 Å². The van der Waals surface area contributed by atoms with E-state index in [1.54, 1.807) is 30.3 Å². The first-order chi connectivity index (χ1) is 14.5. The van der Waals surface area contributed by atoms with Gasteiger partial charge < -0.3 is 14.9 Å². The fourth-order valence-electron chi connectivity index (χ4n) is 3.75. The number of benzene rings is 2. The summed E-state index contributed by atoms with van der Waals surface area (Å²) in [7, 11) is 0. The Kier molecular flexibility index (Phi) is 6.32. The summed E-state index contributed by atoms with van der Waals surface area (Å²) in [5.74, 6) is 0.415. The van der Waals surface area contributed by atoms with Crippen LogP contribution in [0.25, 0.3) is 6.08 Å². The van der Waals surface area contributed by atoms with Crippen LogP contribution in [0.5, 0.6) is 11.5 Å². The number of carbonyl (C=O) groups excluding carboxylic acids is 1. The Morgan fingerprint density at radius 3 is 2.50 bits per heavy atom. The van der Waals surface area contributed by atoms with Gasteiger partial charge in [0.15, 0.2) is 5.76 Å². The number of aromatic hydroxyl groups is 1. The van der Waals surface area contributed by atoms with Crippen molar-refractivity contribution in [2.24, 2.45) is 0 Å². The minimum Gasteiger partial charge on any atom is -0.507 e. The average Bonchev–Trinajstić information content (AvgIpc) is 3.03. The molecule has 30 heavy (non-hydrogen) atoms. The van der Waals surface area contributed by atoms with Crippen molar-refractivity contribution in [3.63, 3.8) is 0 Å². The second-order valence-electron chi connectivity index (χ2n) is 7.39. The summed E-state index contributed by atoms with van der Waals surface area (Å²) < 4.78 is 5.91. The summed E-state index contributed by atoms with van der Waals surface area (Å²) in [4.78, 5) is 17.3. The number of allylic oxidation sites excluding steroid dienone is 1. The standard InChI is InChI=1S/C22H22Cl2N2O4/c23-15-2-1-14(18(24)12-15)11-20-21(29)16-3-4-19(28)17(22(16)30-20)13-26-7-5-25(6-8-26)9-10-27/h1-4,11-12,27-28H,5-10,13H2/b20-11-. The van der Waals surface area contributed by atoms with Crippen molar-refractivity contribution in [3.05, 3.63) is 62.8 Å². The molecule has 2 aliphatic heterocycles. The minimum absolute atomic E-state index is 0.102. The molecule has 4 rings (SSSR count). The third kappa shape index (κ3) is 4.33. The summed E-state index contributed by atoms with van der Waals surface area (Å²) in [6.45, 7) is 4.59. The van der Waals surface area contributed by atoms with E-state index in [4.69, 9.17) is 33.0 Å². The maximum atomic E-state index is 12.9. The molecule has 0 aliphatic carbocycles. The second kappa shape index (κ2) is 8.96. The zero-order chi connectivity index (χ0) is 21.3. The van der Waals surface area contributed by atoms with E-state index in [1.165, 1.54) is 6.07 Å². The monoisotopic (exact) mass is 448 g/mol. The molecule has 0 atom stereocenters. The number of aliphatic hydroxyl groups is 1. The van der Waals surface area contributed by atoms with E-state index >= 15 is 0 Å². The summed E-state index contributed by atoms with van der Waals surface area (Å²) >= 11 is 12.2. The Labute approximate surface area is 184 Å². The smallest absolute Gasteiger partial charge is 0.231 e. The van der Waals surface area contributed by atoms with Gasteiger partial charge in [-0.3, -0.25) is 14.6 Å². The Morgan fingerprint density at radius 1 is 1.07 bits per heavy atom. The highest BCUT2D eigenvalue weighted by atomic mass is 35.5. The SMILES string of the molecule is O=C1/C(=C/c2ccc(Cl)cc2Cl)Oc2c1ccc(O)c2CN1CCN(CCO)CC1. The quantitative estimate of drug-likeness (QED) is 0.682. The van der Waals surface area contributed by atoms with Crippen molar-refractivity contribution in [1.29, 1.82) is 0 Å². The van der Waals surface area contributed by atoms with Crippen molar-refractivity contribution in [3.8, 4) is 11.5 Å². The van der Waals surface area contributed by atoms with Crippen LogP contribution in [0, 0.1) is 0 Å². The fourth-order valence-corrected chi connectivity index (χ4v) is 4.21. The third-order valence-corrected chi connectivity index (χ3v) is 5.99. The number of carbonyl (C=O) groups is 1. The van der Waals surface area contributed by atoms with E-state index in [0.717, 1.165) is 26.2 Å². The zero-order valence-corrected chi connectivity index (χ0v) is 17.8. The number of halogens is 2. The lowest BCUT2D eigenvalue weighted by Crippen LogP contribution is -2.46. The molecule has 1 fully saturated rings. The van der Waals surface area contributed by atoms with Crippen LogP contribution in [-0.4, -0.2) is 65.1 Å². The average molecular weight is 449 g/mol. The normalized spacial score (nSPS) is 18.6. The highest BCUT2D eigenvalue weighted by molar-refractivity contribution is 6.35. The van der Waals surface area contributed by atoms with Gasteiger partial charge in [0.2, 0.25) is 5.78 Å². The van der Waals surface area contributed by atoms with Gasteiger partial charge in [-0.05, 0) is 35.9 Å². The number of phenols is 1. The molecule has 0 aromatic heterocycles. The Morgan fingerprint density at radius 2 is 1.80 bits per heavy atom. The number of phenolic OH excluding ortho intramolecular Hbond substituents is 1. The molecule has 0 radical (unpaired) electrons. The van der Waals surface area contributed by atoms with Gasteiger partial charge in [0.1, 0.15) is 11.5 Å². The topological polar surface area (TPSA) is 73.2 Å². The molecule has 2 heterocycles. The lowest BCUT2D eigenvalue weighted by atomic mass is 10.0. The number of aliphatic hydroxyl groups excluding tert-OH is 1. The van der Waals surface area contributed by atoms with Crippen LogP contribution in [0.15, 0.2) is 36.1 Å². The number of rotatable bonds is 5. The summed E-state index contributed by atoms with van der Waals surface area (Å²) in [6, 6.07) is 8.15. The molecule has 0 amide bonds. The molecule has 0 unspecified atom stereocenters. The highest BCUT2D eigenvalue weighted by Crippen LogP contribution is 2.40. The fraction of sp³-hybridized carbons (Fsp3) is 0.318. The molecule has 2 aliphatic rings. The first-order valence-corrected chi connectivity index (χ1v) is 10.5. The number of fused-ring (bicyclic) bond motifs is 1. The number of hydrogen-bond donors (Lipinski definition) is 2. The van der Waals surface area contributed by atoms with E-state index in [-0.39, 0.29) is 23.9 Å². The molecule has 2 N–H and O–H groups in total. The lowest BCUT2D eigenvalue weighted by molar-refractivity contribution is 0.101. The molecule has 8 heteroatoms. The minimum atomic E-state index is -0.245. The van der Waals surface area contributed by atoms with Gasteiger partial charge >= 0.3 is 0 Å². The molecule has 158 valence electrons. The number of piperazine rings is 1. The predicted molar refractivity (Wildman–Crippen MR) is 116 cm³/mol. The van der Waals surface area contributed by atoms with E-state index in [9.17, 15) is 9.90 Å². The van der Waals surface area contributed by atoms with Crippen LogP contribution in [0.1, 0.15) is 21.5 Å². The van der Waals surface area contributed by atoms with Crippen LogP contribution in [0.3, 0.4) is 0 Å². The maximum Gasteiger partial charge on any atom is 0.231 e. The third-order valence-electron chi connectivity index (χ3n) is 5.43. The first kappa shape index (κ1) is 21.2. The van der Waals surface area contributed by atoms with Crippen LogP contribution in [0.2, 0.25) is 10.0 Å². The van der Waals surface area contributed by atoms with Crippen LogP contribution in [0.4, 0.5) is 0 Å². The number of ketones is 1. The van der Waals surface area contributed by atoms with Crippen molar-refractivity contribution in [1.82, 2.24) is 9.80 Å². The van der Waals surface area contributed by atoms with Crippen LogP contribution >= 0.6 is 23.2 Å². The Hall–Kier alpha value is -2.09. The van der Waals surface area contributed by atoms with E-state index in [2.05, 4.69) is 9.80 Å². The lowest BCUT2D eigenvalue weighted by Gasteiger charge is -2.34. The maximum absolute atomic E-state index is 12.9. The van der Waals surface area contributed by atoms with Crippen LogP contribution in [-0.2, 0) is 6.54 Å². The first-order valence-electron chi connectivity index (χ1n) is 9.76. The Balaban J connectivity index is 1.56. The predicted octanol–water partition coefficient (Wildman–Crippen LogP) is 3.43. The van der Waals surface area contributed by atoms with Gasteiger partial charge in [-0.15, -0.1) is 0 Å². The van der Waals surface area contributed by atoms with Gasteiger partial charge in [0.25, 0.3) is 0 Å². The van der Waals surface area contributed by atoms with E-state index in [1.807, 2.05) is 0 Å². The summed E-state index contributed by atoms with van der Waals surface area (Å²) in [5, 5.41) is 20.5. The van der Waals surface area contributed by atoms with Crippen LogP contribution < -0.4 is 4.74 Å². The van der Waals surface area contributed by atoms with Crippen molar-refractivity contribution < 1.29 is 19.7 Å². The van der Waals surface area contributed by atoms with E-state index < -0.39 is 0 Å². The molecular weight excluding hydrogens is 427 g/mol. The van der Waals surface area contributed by atoms with E-state index in [0.29, 0.717) is 45.6 Å². The molecule has 0 spiro atoms. The summed E-state index contributed by atoms with van der Waals surface area (Å²) in [6.07, 6.45) is 1.59. The summed E-state index contributed by atoms with van der Waals surface area (Å²) in [5.41, 5.74) is 1.66. The molecule has 2 aromatic carbocycles. The van der Waals surface area contributed by atoms with Crippen molar-refractivity contribution in [2.45, 2.75) is 6.54 Å². The van der Waals surface area contributed by atoms with Crippen molar-refractivity contribution in [2.75, 3.05) is 39.3 Å². The highest BCUT2D eigenvalue weighted by Gasteiger charge is 2.32. The molecule has 0 saturated carbocycles. The number of hydrogen-bond acceptors (Lipinski definition) is 6.